The van der Waals surface area contributed by atoms with Crippen LogP contribution in [0.1, 0.15) is 41.7 Å². The van der Waals surface area contributed by atoms with Crippen molar-refractivity contribution in [3.63, 3.8) is 0 Å². The summed E-state index contributed by atoms with van der Waals surface area (Å²) in [5.41, 5.74) is 5.25. The van der Waals surface area contributed by atoms with E-state index in [-0.39, 0.29) is 18.2 Å². The molecule has 0 saturated carbocycles. The van der Waals surface area contributed by atoms with Gasteiger partial charge in [0.05, 0.1) is 6.42 Å². The van der Waals surface area contributed by atoms with Crippen molar-refractivity contribution in [2.75, 3.05) is 6.54 Å². The lowest BCUT2D eigenvalue weighted by molar-refractivity contribution is -0.140. The lowest BCUT2D eigenvalue weighted by Gasteiger charge is -2.32. The van der Waals surface area contributed by atoms with Crippen molar-refractivity contribution in [2.24, 2.45) is 5.92 Å². The minimum Gasteiger partial charge on any atom is -0.354 e. The van der Waals surface area contributed by atoms with Crippen LogP contribution in [-0.2, 0) is 29.0 Å². The average Bonchev–Trinajstić information content (AvgIpc) is 2.83. The van der Waals surface area contributed by atoms with Crippen molar-refractivity contribution < 1.29 is 9.59 Å². The first-order valence-corrected chi connectivity index (χ1v) is 12.0. The highest BCUT2D eigenvalue weighted by atomic mass is 16.2. The van der Waals surface area contributed by atoms with E-state index >= 15 is 0 Å². The lowest BCUT2D eigenvalue weighted by atomic mass is 9.99. The predicted octanol–water partition coefficient (Wildman–Crippen LogP) is 5.26. The standard InChI is InChI=1S/C30H36N2O2/c1-22(2)20-31-30(34)28(18-25-11-7-5-8-12-25)32(21-26-13-9-6-10-14-26)29(33)19-27-17-23(3)15-16-24(27)4/h5-17,22,28H,18-21H2,1-4H3,(H,31,34)/t28-/m1/s1. The maximum atomic E-state index is 13.8. The summed E-state index contributed by atoms with van der Waals surface area (Å²) in [6.07, 6.45) is 0.735. The largest absolute Gasteiger partial charge is 0.354 e. The summed E-state index contributed by atoms with van der Waals surface area (Å²) < 4.78 is 0. The van der Waals surface area contributed by atoms with Crippen LogP contribution in [0.2, 0.25) is 0 Å². The third-order valence-electron chi connectivity index (χ3n) is 6.00. The molecule has 0 bridgehead atoms. The van der Waals surface area contributed by atoms with Gasteiger partial charge in [0.25, 0.3) is 0 Å². The van der Waals surface area contributed by atoms with Crippen molar-refractivity contribution in [2.45, 2.75) is 53.1 Å². The molecule has 4 nitrogen and oxygen atoms in total. The molecule has 0 aliphatic carbocycles. The number of carbonyl (C=O) groups excluding carboxylic acids is 2. The maximum absolute atomic E-state index is 13.8. The van der Waals surface area contributed by atoms with E-state index in [1.807, 2.05) is 74.5 Å². The van der Waals surface area contributed by atoms with Crippen molar-refractivity contribution in [1.29, 1.82) is 0 Å². The van der Waals surface area contributed by atoms with E-state index < -0.39 is 6.04 Å². The highest BCUT2D eigenvalue weighted by Crippen LogP contribution is 2.18. The molecule has 0 aliphatic rings. The fourth-order valence-corrected chi connectivity index (χ4v) is 4.01. The number of hydrogen-bond donors (Lipinski definition) is 1. The molecule has 0 radical (unpaired) electrons. The number of benzene rings is 3. The topological polar surface area (TPSA) is 49.4 Å². The molecular weight excluding hydrogens is 420 g/mol. The van der Waals surface area contributed by atoms with E-state index in [1.54, 1.807) is 4.90 Å². The molecule has 0 fully saturated rings. The van der Waals surface area contributed by atoms with Gasteiger partial charge in [-0.05, 0) is 42.0 Å². The minimum absolute atomic E-state index is 0.0434. The summed E-state index contributed by atoms with van der Waals surface area (Å²) in [5.74, 6) is 0.176. The highest BCUT2D eigenvalue weighted by Gasteiger charge is 2.30. The second-order valence-corrected chi connectivity index (χ2v) is 9.46. The summed E-state index contributed by atoms with van der Waals surface area (Å²) in [6.45, 7) is 9.17. The Bertz CT molecular complexity index is 1080. The summed E-state index contributed by atoms with van der Waals surface area (Å²) in [7, 11) is 0. The Morgan fingerprint density at radius 1 is 0.853 bits per heavy atom. The zero-order chi connectivity index (χ0) is 24.5. The molecule has 0 heterocycles. The van der Waals surface area contributed by atoms with Crippen LogP contribution in [0, 0.1) is 19.8 Å². The predicted molar refractivity (Wildman–Crippen MR) is 138 cm³/mol. The molecule has 3 aromatic carbocycles. The zero-order valence-electron chi connectivity index (χ0n) is 20.8. The van der Waals surface area contributed by atoms with Gasteiger partial charge in [0, 0.05) is 19.5 Å². The maximum Gasteiger partial charge on any atom is 0.243 e. The highest BCUT2D eigenvalue weighted by molar-refractivity contribution is 5.89. The van der Waals surface area contributed by atoms with Crippen LogP contribution < -0.4 is 5.32 Å². The van der Waals surface area contributed by atoms with Crippen molar-refractivity contribution in [3.05, 3.63) is 107 Å². The first kappa shape index (κ1) is 25.2. The molecule has 34 heavy (non-hydrogen) atoms. The van der Waals surface area contributed by atoms with Crippen molar-refractivity contribution in [1.82, 2.24) is 10.2 Å². The van der Waals surface area contributed by atoms with Gasteiger partial charge < -0.3 is 10.2 Å². The SMILES string of the molecule is Cc1ccc(C)c(CC(=O)N(Cc2ccccc2)[C@H](Cc2ccccc2)C(=O)NCC(C)C)c1. The van der Waals surface area contributed by atoms with Gasteiger partial charge in [0.2, 0.25) is 11.8 Å². The van der Waals surface area contributed by atoms with E-state index in [1.165, 1.54) is 0 Å². The van der Waals surface area contributed by atoms with E-state index in [0.29, 0.717) is 25.4 Å². The van der Waals surface area contributed by atoms with Crippen LogP contribution in [-0.4, -0.2) is 29.3 Å². The Kier molecular flexibility index (Phi) is 9.03. The minimum atomic E-state index is -0.598. The number of carbonyl (C=O) groups is 2. The van der Waals surface area contributed by atoms with Gasteiger partial charge in [0.15, 0.2) is 0 Å². The third kappa shape index (κ3) is 7.31. The molecular formula is C30H36N2O2. The second kappa shape index (κ2) is 12.2. The van der Waals surface area contributed by atoms with E-state index in [4.69, 9.17) is 0 Å². The normalized spacial score (nSPS) is 11.8. The number of nitrogens with zero attached hydrogens (tertiary/aromatic N) is 1. The molecule has 3 rings (SSSR count). The zero-order valence-corrected chi connectivity index (χ0v) is 20.8. The Morgan fingerprint density at radius 3 is 2.09 bits per heavy atom. The number of hydrogen-bond acceptors (Lipinski definition) is 2. The van der Waals surface area contributed by atoms with E-state index in [9.17, 15) is 9.59 Å². The summed E-state index contributed by atoms with van der Waals surface area (Å²) in [4.78, 5) is 29.0. The quantitative estimate of drug-likeness (QED) is 0.452. The van der Waals surface area contributed by atoms with Crippen LogP contribution in [0.5, 0.6) is 0 Å². The summed E-state index contributed by atoms with van der Waals surface area (Å²) >= 11 is 0. The number of nitrogens with one attached hydrogen (secondary N) is 1. The summed E-state index contributed by atoms with van der Waals surface area (Å²) in [5, 5.41) is 3.08. The molecule has 2 amide bonds. The van der Waals surface area contributed by atoms with Crippen LogP contribution >= 0.6 is 0 Å². The van der Waals surface area contributed by atoms with Gasteiger partial charge in [-0.2, -0.15) is 0 Å². The smallest absolute Gasteiger partial charge is 0.243 e. The molecule has 178 valence electrons. The molecule has 0 aliphatic heterocycles. The average molecular weight is 457 g/mol. The monoisotopic (exact) mass is 456 g/mol. The van der Waals surface area contributed by atoms with Crippen molar-refractivity contribution >= 4 is 11.8 Å². The Labute approximate surface area is 204 Å². The van der Waals surface area contributed by atoms with Gasteiger partial charge in [0.1, 0.15) is 6.04 Å². The molecule has 1 N–H and O–H groups in total. The molecule has 0 unspecified atom stereocenters. The Balaban J connectivity index is 1.96. The Morgan fingerprint density at radius 2 is 1.47 bits per heavy atom. The molecule has 3 aromatic rings. The van der Waals surface area contributed by atoms with Crippen LogP contribution in [0.15, 0.2) is 78.9 Å². The van der Waals surface area contributed by atoms with Crippen molar-refractivity contribution in [3.8, 4) is 0 Å². The van der Waals surface area contributed by atoms with Gasteiger partial charge in [-0.1, -0.05) is 98.3 Å². The van der Waals surface area contributed by atoms with Gasteiger partial charge in [-0.25, -0.2) is 0 Å². The molecule has 0 spiro atoms. The molecule has 4 heteroatoms. The summed E-state index contributed by atoms with van der Waals surface area (Å²) in [6, 6.07) is 25.4. The first-order chi connectivity index (χ1) is 16.3. The van der Waals surface area contributed by atoms with Gasteiger partial charge in [-0.3, -0.25) is 9.59 Å². The Hall–Kier alpha value is -3.40. The van der Waals surface area contributed by atoms with Gasteiger partial charge >= 0.3 is 0 Å². The second-order valence-electron chi connectivity index (χ2n) is 9.46. The first-order valence-electron chi connectivity index (χ1n) is 12.0. The van der Waals surface area contributed by atoms with Crippen LogP contribution in [0.3, 0.4) is 0 Å². The van der Waals surface area contributed by atoms with E-state index in [0.717, 1.165) is 27.8 Å². The lowest BCUT2D eigenvalue weighted by Crippen LogP contribution is -2.51. The van der Waals surface area contributed by atoms with Crippen LogP contribution in [0.4, 0.5) is 0 Å². The number of rotatable bonds is 10. The molecule has 0 aromatic heterocycles. The fourth-order valence-electron chi connectivity index (χ4n) is 4.01. The molecule has 0 saturated heterocycles. The number of aryl methyl sites for hydroxylation is 2. The van der Waals surface area contributed by atoms with Gasteiger partial charge in [-0.15, -0.1) is 0 Å². The van der Waals surface area contributed by atoms with E-state index in [2.05, 4.69) is 37.4 Å². The third-order valence-corrected chi connectivity index (χ3v) is 6.00. The van der Waals surface area contributed by atoms with Crippen LogP contribution in [0.25, 0.3) is 0 Å². The molecule has 1 atom stereocenters. The number of amides is 2. The fraction of sp³-hybridized carbons (Fsp3) is 0.333.